The van der Waals surface area contributed by atoms with E-state index < -0.39 is 0 Å². The molecule has 0 aromatic rings. The topological polar surface area (TPSA) is 32.5 Å². The van der Waals surface area contributed by atoms with Crippen molar-refractivity contribution in [3.05, 3.63) is 0 Å². The summed E-state index contributed by atoms with van der Waals surface area (Å²) in [5.74, 6) is 0. The van der Waals surface area contributed by atoms with E-state index in [0.717, 1.165) is 12.6 Å². The molecule has 3 fully saturated rings. The van der Waals surface area contributed by atoms with Gasteiger partial charge in [0.05, 0.1) is 0 Å². The molecule has 92 valence electrons. The van der Waals surface area contributed by atoms with Crippen molar-refractivity contribution in [1.29, 1.82) is 0 Å². The van der Waals surface area contributed by atoms with E-state index in [4.69, 9.17) is 5.73 Å². The van der Waals surface area contributed by atoms with Gasteiger partial charge < -0.3 is 5.73 Å². The summed E-state index contributed by atoms with van der Waals surface area (Å²) in [5, 5.41) is 0. The minimum absolute atomic E-state index is 0.383. The standard InChI is InChI=1S/C13H25N3/c1-11-8-15-7-2-4-12(15)9-16(11)13(10-14)5-3-6-13/h11-12H,2-10,14H2,1H3. The van der Waals surface area contributed by atoms with Crippen LogP contribution in [0.1, 0.15) is 39.0 Å². The summed E-state index contributed by atoms with van der Waals surface area (Å²) in [4.78, 5) is 5.45. The summed E-state index contributed by atoms with van der Waals surface area (Å²) >= 11 is 0. The summed E-state index contributed by atoms with van der Waals surface area (Å²) in [5.41, 5.74) is 6.43. The molecule has 0 amide bonds. The van der Waals surface area contributed by atoms with Crippen LogP contribution in [0.25, 0.3) is 0 Å². The molecule has 0 aromatic carbocycles. The summed E-state index contributed by atoms with van der Waals surface area (Å²) in [6.45, 7) is 7.14. The van der Waals surface area contributed by atoms with Crippen molar-refractivity contribution in [1.82, 2.24) is 9.80 Å². The molecule has 0 spiro atoms. The van der Waals surface area contributed by atoms with Crippen LogP contribution in [-0.4, -0.2) is 53.6 Å². The zero-order chi connectivity index (χ0) is 11.2. The van der Waals surface area contributed by atoms with Crippen molar-refractivity contribution in [3.8, 4) is 0 Å². The van der Waals surface area contributed by atoms with Gasteiger partial charge in [0.15, 0.2) is 0 Å². The van der Waals surface area contributed by atoms with E-state index >= 15 is 0 Å². The van der Waals surface area contributed by atoms with Gasteiger partial charge in [-0.15, -0.1) is 0 Å². The lowest BCUT2D eigenvalue weighted by atomic mass is 9.74. The zero-order valence-electron chi connectivity index (χ0n) is 10.5. The van der Waals surface area contributed by atoms with Crippen molar-refractivity contribution in [2.45, 2.75) is 56.7 Å². The maximum Gasteiger partial charge on any atom is 0.0335 e. The maximum absolute atomic E-state index is 6.04. The predicted molar refractivity (Wildman–Crippen MR) is 66.4 cm³/mol. The molecular weight excluding hydrogens is 198 g/mol. The average molecular weight is 223 g/mol. The van der Waals surface area contributed by atoms with Crippen LogP contribution in [0.5, 0.6) is 0 Å². The Hall–Kier alpha value is -0.120. The van der Waals surface area contributed by atoms with Gasteiger partial charge in [-0.2, -0.15) is 0 Å². The molecule has 2 heterocycles. The highest BCUT2D eigenvalue weighted by atomic mass is 15.4. The molecule has 3 heteroatoms. The second-order valence-corrected chi connectivity index (χ2v) is 6.07. The number of hydrogen-bond acceptors (Lipinski definition) is 3. The lowest BCUT2D eigenvalue weighted by Crippen LogP contribution is -2.67. The molecule has 2 saturated heterocycles. The summed E-state index contributed by atoms with van der Waals surface area (Å²) in [6, 6.07) is 1.54. The summed E-state index contributed by atoms with van der Waals surface area (Å²) in [7, 11) is 0. The molecule has 0 bridgehead atoms. The Morgan fingerprint density at radius 1 is 1.25 bits per heavy atom. The molecule has 2 unspecified atom stereocenters. The van der Waals surface area contributed by atoms with Crippen molar-refractivity contribution >= 4 is 0 Å². The Morgan fingerprint density at radius 2 is 2.06 bits per heavy atom. The number of rotatable bonds is 2. The van der Waals surface area contributed by atoms with Gasteiger partial charge in [-0.3, -0.25) is 9.80 Å². The third-order valence-corrected chi connectivity index (χ3v) is 5.21. The minimum Gasteiger partial charge on any atom is -0.329 e. The quantitative estimate of drug-likeness (QED) is 0.759. The van der Waals surface area contributed by atoms with Crippen molar-refractivity contribution in [2.24, 2.45) is 5.73 Å². The second kappa shape index (κ2) is 3.97. The SMILES string of the molecule is CC1CN2CCCC2CN1C1(CN)CCC1. The van der Waals surface area contributed by atoms with E-state index in [2.05, 4.69) is 16.7 Å². The van der Waals surface area contributed by atoms with Gasteiger partial charge >= 0.3 is 0 Å². The average Bonchev–Trinajstić information content (AvgIpc) is 2.64. The van der Waals surface area contributed by atoms with Crippen LogP contribution in [0.3, 0.4) is 0 Å². The fourth-order valence-corrected chi connectivity index (χ4v) is 4.04. The van der Waals surface area contributed by atoms with Gasteiger partial charge in [0, 0.05) is 37.3 Å². The molecule has 2 N–H and O–H groups in total. The monoisotopic (exact) mass is 223 g/mol. The third kappa shape index (κ3) is 1.52. The lowest BCUT2D eigenvalue weighted by Gasteiger charge is -2.56. The first-order chi connectivity index (χ1) is 7.75. The first-order valence-corrected chi connectivity index (χ1v) is 6.96. The van der Waals surface area contributed by atoms with Gasteiger partial charge in [-0.25, -0.2) is 0 Å². The van der Waals surface area contributed by atoms with E-state index in [9.17, 15) is 0 Å². The van der Waals surface area contributed by atoms with Gasteiger partial charge in [-0.1, -0.05) is 0 Å². The predicted octanol–water partition coefficient (Wildman–Crippen LogP) is 1.04. The van der Waals surface area contributed by atoms with Crippen LogP contribution in [0.15, 0.2) is 0 Å². The van der Waals surface area contributed by atoms with Crippen molar-refractivity contribution < 1.29 is 0 Å². The molecule has 3 nitrogen and oxygen atoms in total. The fraction of sp³-hybridized carbons (Fsp3) is 1.00. The Morgan fingerprint density at radius 3 is 2.69 bits per heavy atom. The fourth-order valence-electron chi connectivity index (χ4n) is 4.04. The van der Waals surface area contributed by atoms with Gasteiger partial charge in [-0.05, 0) is 45.6 Å². The molecule has 3 aliphatic rings. The number of nitrogens with zero attached hydrogens (tertiary/aromatic N) is 2. The molecule has 0 aromatic heterocycles. The molecule has 1 saturated carbocycles. The van der Waals surface area contributed by atoms with E-state index in [1.165, 1.54) is 51.7 Å². The Labute approximate surface area is 99.0 Å². The van der Waals surface area contributed by atoms with E-state index in [1.807, 2.05) is 0 Å². The normalized spacial score (nSPS) is 39.4. The number of hydrogen-bond donors (Lipinski definition) is 1. The highest BCUT2D eigenvalue weighted by molar-refractivity contribution is 5.04. The summed E-state index contributed by atoms with van der Waals surface area (Å²) in [6.07, 6.45) is 6.86. The molecule has 2 atom stereocenters. The lowest BCUT2D eigenvalue weighted by molar-refractivity contribution is -0.0578. The number of fused-ring (bicyclic) bond motifs is 1. The molecule has 0 radical (unpaired) electrons. The second-order valence-electron chi connectivity index (χ2n) is 6.07. The summed E-state index contributed by atoms with van der Waals surface area (Å²) < 4.78 is 0. The van der Waals surface area contributed by atoms with Gasteiger partial charge in [0.2, 0.25) is 0 Å². The maximum atomic E-state index is 6.04. The Balaban J connectivity index is 1.74. The Kier molecular flexibility index (Phi) is 2.73. The van der Waals surface area contributed by atoms with Crippen LogP contribution in [0, 0.1) is 0 Å². The third-order valence-electron chi connectivity index (χ3n) is 5.21. The smallest absolute Gasteiger partial charge is 0.0335 e. The highest BCUT2D eigenvalue weighted by Crippen LogP contribution is 2.40. The largest absolute Gasteiger partial charge is 0.329 e. The number of nitrogens with two attached hydrogens (primary N) is 1. The first-order valence-electron chi connectivity index (χ1n) is 6.96. The van der Waals surface area contributed by atoms with Crippen LogP contribution >= 0.6 is 0 Å². The Bertz CT molecular complexity index is 256. The van der Waals surface area contributed by atoms with Crippen LogP contribution in [0.2, 0.25) is 0 Å². The van der Waals surface area contributed by atoms with E-state index in [0.29, 0.717) is 11.6 Å². The van der Waals surface area contributed by atoms with E-state index in [-0.39, 0.29) is 0 Å². The van der Waals surface area contributed by atoms with E-state index in [1.54, 1.807) is 0 Å². The molecule has 1 aliphatic carbocycles. The number of piperazine rings is 1. The molecule has 3 rings (SSSR count). The van der Waals surface area contributed by atoms with Crippen LogP contribution in [-0.2, 0) is 0 Å². The van der Waals surface area contributed by atoms with Crippen molar-refractivity contribution in [2.75, 3.05) is 26.2 Å². The van der Waals surface area contributed by atoms with Crippen LogP contribution < -0.4 is 5.73 Å². The van der Waals surface area contributed by atoms with Gasteiger partial charge in [0.1, 0.15) is 0 Å². The van der Waals surface area contributed by atoms with Gasteiger partial charge in [0.25, 0.3) is 0 Å². The first kappa shape index (κ1) is 11.0. The zero-order valence-corrected chi connectivity index (χ0v) is 10.5. The van der Waals surface area contributed by atoms with Crippen LogP contribution in [0.4, 0.5) is 0 Å². The molecule has 16 heavy (non-hydrogen) atoms. The molecule has 2 aliphatic heterocycles. The highest BCUT2D eigenvalue weighted by Gasteiger charge is 2.47. The minimum atomic E-state index is 0.383. The molecular formula is C13H25N3. The van der Waals surface area contributed by atoms with Crippen molar-refractivity contribution in [3.63, 3.8) is 0 Å².